The third kappa shape index (κ3) is 31.6. The SMILES string of the molecule is CCCCCCCC/C=C/CCCCCCCCN(CCC[N+]1(C)CCOCC1)C(=O)CCCCCCC/C=C/CCCCCCCC.[Cl-]. The van der Waals surface area contributed by atoms with Crippen LogP contribution in [0, 0.1) is 0 Å². The van der Waals surface area contributed by atoms with Gasteiger partial charge in [0, 0.05) is 25.9 Å². The summed E-state index contributed by atoms with van der Waals surface area (Å²) in [7, 11) is 2.37. The van der Waals surface area contributed by atoms with Gasteiger partial charge in [-0.25, -0.2) is 0 Å². The molecule has 1 fully saturated rings. The van der Waals surface area contributed by atoms with Gasteiger partial charge in [0.15, 0.2) is 0 Å². The second kappa shape index (κ2) is 36.9. The van der Waals surface area contributed by atoms with E-state index in [2.05, 4.69) is 50.1 Å². The summed E-state index contributed by atoms with van der Waals surface area (Å²) < 4.78 is 6.70. The fraction of sp³-hybridized carbons (Fsp3) is 0.886. The van der Waals surface area contributed by atoms with Gasteiger partial charge in [0.25, 0.3) is 0 Å². The van der Waals surface area contributed by atoms with Gasteiger partial charge in [-0.2, -0.15) is 0 Å². The Hall–Kier alpha value is -0.840. The van der Waals surface area contributed by atoms with Crippen LogP contribution in [-0.4, -0.2) is 68.3 Å². The number of carbonyl (C=O) groups is 1. The Balaban J connectivity index is 0.0000230. The summed E-state index contributed by atoms with van der Waals surface area (Å²) in [5, 5.41) is 0. The van der Waals surface area contributed by atoms with Crippen molar-refractivity contribution in [1.82, 2.24) is 4.90 Å². The summed E-state index contributed by atoms with van der Waals surface area (Å²) in [6, 6.07) is 0. The van der Waals surface area contributed by atoms with E-state index in [-0.39, 0.29) is 12.4 Å². The summed E-state index contributed by atoms with van der Waals surface area (Å²) in [6.07, 6.45) is 47.0. The van der Waals surface area contributed by atoms with Gasteiger partial charge in [-0.15, -0.1) is 0 Å². The van der Waals surface area contributed by atoms with Gasteiger partial charge in [-0.1, -0.05) is 147 Å². The number of likely N-dealkylation sites (N-methyl/N-ethyl adjacent to an activating group) is 1. The summed E-state index contributed by atoms with van der Waals surface area (Å²) in [5.74, 6) is 0.407. The molecule has 0 spiro atoms. The van der Waals surface area contributed by atoms with Crippen LogP contribution in [0.1, 0.15) is 200 Å². The van der Waals surface area contributed by atoms with Crippen molar-refractivity contribution < 1.29 is 26.4 Å². The van der Waals surface area contributed by atoms with E-state index in [1.807, 2.05) is 0 Å². The lowest BCUT2D eigenvalue weighted by molar-refractivity contribution is -0.917. The largest absolute Gasteiger partial charge is 1.00 e. The lowest BCUT2D eigenvalue weighted by Gasteiger charge is -2.38. The highest BCUT2D eigenvalue weighted by Crippen LogP contribution is 2.15. The molecule has 0 bridgehead atoms. The molecule has 1 aliphatic heterocycles. The number of morpholine rings is 1. The lowest BCUT2D eigenvalue weighted by Crippen LogP contribution is -3.00. The number of unbranched alkanes of at least 4 members (excludes halogenated alkanes) is 23. The van der Waals surface area contributed by atoms with Crippen molar-refractivity contribution in [1.29, 1.82) is 0 Å². The molecule has 0 saturated carbocycles. The molecule has 0 atom stereocenters. The number of amides is 1. The monoisotopic (exact) mass is 709 g/mol. The van der Waals surface area contributed by atoms with Crippen molar-refractivity contribution in [3.05, 3.63) is 24.3 Å². The number of carbonyl (C=O) groups excluding carboxylic acids is 1. The Morgan fingerprint density at radius 1 is 0.531 bits per heavy atom. The van der Waals surface area contributed by atoms with Crippen molar-refractivity contribution in [2.24, 2.45) is 0 Å². The minimum atomic E-state index is 0. The van der Waals surface area contributed by atoms with Crippen molar-refractivity contribution in [3.8, 4) is 0 Å². The molecule has 0 aromatic heterocycles. The molecule has 5 heteroatoms. The summed E-state index contributed by atoms with van der Waals surface area (Å²) >= 11 is 0. The van der Waals surface area contributed by atoms with E-state index in [1.165, 1.54) is 161 Å². The topological polar surface area (TPSA) is 29.5 Å². The molecule has 1 heterocycles. The van der Waals surface area contributed by atoms with E-state index in [4.69, 9.17) is 4.74 Å². The van der Waals surface area contributed by atoms with Crippen LogP contribution in [-0.2, 0) is 9.53 Å². The number of hydrogen-bond donors (Lipinski definition) is 0. The minimum absolute atomic E-state index is 0. The molecule has 49 heavy (non-hydrogen) atoms. The number of nitrogens with zero attached hydrogens (tertiary/aromatic N) is 2. The first-order chi connectivity index (χ1) is 23.6. The molecule has 1 saturated heterocycles. The Bertz CT molecular complexity index is 749. The van der Waals surface area contributed by atoms with Gasteiger partial charge in [-0.05, 0) is 64.2 Å². The Morgan fingerprint density at radius 3 is 1.35 bits per heavy atom. The molecule has 290 valence electrons. The third-order valence-electron chi connectivity index (χ3n) is 10.6. The number of allylic oxidation sites excluding steroid dienone is 4. The smallest absolute Gasteiger partial charge is 0.222 e. The van der Waals surface area contributed by atoms with E-state index < -0.39 is 0 Å². The average molecular weight is 710 g/mol. The molecule has 0 N–H and O–H groups in total. The van der Waals surface area contributed by atoms with Crippen molar-refractivity contribution >= 4 is 5.91 Å². The number of rotatable bonds is 35. The highest BCUT2D eigenvalue weighted by molar-refractivity contribution is 5.76. The average Bonchev–Trinajstić information content (AvgIpc) is 3.09. The van der Waals surface area contributed by atoms with Crippen LogP contribution in [0.2, 0.25) is 0 Å². The van der Waals surface area contributed by atoms with Gasteiger partial charge >= 0.3 is 0 Å². The number of ether oxygens (including phenoxy) is 1. The summed E-state index contributed by atoms with van der Waals surface area (Å²) in [6.45, 7) is 11.6. The fourth-order valence-electron chi connectivity index (χ4n) is 7.07. The molecular weight excluding hydrogens is 624 g/mol. The van der Waals surface area contributed by atoms with Crippen molar-refractivity contribution in [2.45, 2.75) is 200 Å². The van der Waals surface area contributed by atoms with Crippen molar-refractivity contribution in [2.75, 3.05) is 53.0 Å². The molecule has 1 amide bonds. The molecule has 1 aliphatic rings. The second-order valence-corrected chi connectivity index (χ2v) is 15.4. The van der Waals surface area contributed by atoms with Crippen LogP contribution >= 0.6 is 0 Å². The minimum Gasteiger partial charge on any atom is -1.00 e. The molecular formula is C44H85ClN2O2. The van der Waals surface area contributed by atoms with E-state index in [0.29, 0.717) is 5.91 Å². The standard InChI is InChI=1S/C44H85N2O2.ClH/c1-4-6-8-10-12-14-16-18-20-22-24-26-28-30-32-34-37-45(38-35-39-46(3)40-42-48-43-41-46)44(47)36-33-31-29-27-25-23-21-19-17-15-13-11-9-7-5-2;/h18-21H,4-17,22-43H2,1-3H3;1H/q+1;/p-1/b20-18+,21-19+;. The van der Waals surface area contributed by atoms with Crippen LogP contribution in [0.4, 0.5) is 0 Å². The number of halogens is 1. The molecule has 0 aromatic rings. The highest BCUT2D eigenvalue weighted by atomic mass is 35.5. The van der Waals surface area contributed by atoms with Gasteiger partial charge in [0.05, 0.1) is 26.8 Å². The first-order valence-electron chi connectivity index (χ1n) is 21.6. The fourth-order valence-corrected chi connectivity index (χ4v) is 7.07. The maximum absolute atomic E-state index is 13.3. The third-order valence-corrected chi connectivity index (χ3v) is 10.6. The van der Waals surface area contributed by atoms with E-state index in [9.17, 15) is 4.79 Å². The van der Waals surface area contributed by atoms with E-state index >= 15 is 0 Å². The van der Waals surface area contributed by atoms with E-state index in [0.717, 1.165) is 76.1 Å². The van der Waals surface area contributed by atoms with Crippen LogP contribution < -0.4 is 12.4 Å². The number of quaternary nitrogens is 1. The molecule has 0 radical (unpaired) electrons. The maximum atomic E-state index is 13.3. The Kier molecular flexibility index (Phi) is 36.3. The first kappa shape index (κ1) is 48.2. The lowest BCUT2D eigenvalue weighted by atomic mass is 10.1. The van der Waals surface area contributed by atoms with E-state index in [1.54, 1.807) is 0 Å². The predicted molar refractivity (Wildman–Crippen MR) is 212 cm³/mol. The molecule has 0 aromatic carbocycles. The zero-order valence-electron chi connectivity index (χ0n) is 33.4. The van der Waals surface area contributed by atoms with Gasteiger partial charge in [0.1, 0.15) is 13.1 Å². The van der Waals surface area contributed by atoms with Gasteiger partial charge in [-0.3, -0.25) is 4.79 Å². The number of hydrogen-bond acceptors (Lipinski definition) is 2. The maximum Gasteiger partial charge on any atom is 0.222 e. The first-order valence-corrected chi connectivity index (χ1v) is 21.6. The molecule has 1 rings (SSSR count). The quantitative estimate of drug-likeness (QED) is 0.0373. The predicted octanol–water partition coefficient (Wildman–Crippen LogP) is 9.76. The summed E-state index contributed by atoms with van der Waals surface area (Å²) in [4.78, 5) is 15.5. The molecule has 0 aliphatic carbocycles. The van der Waals surface area contributed by atoms with Crippen molar-refractivity contribution in [3.63, 3.8) is 0 Å². The normalized spacial score (nSPS) is 14.5. The zero-order chi connectivity index (χ0) is 34.6. The zero-order valence-corrected chi connectivity index (χ0v) is 34.1. The second-order valence-electron chi connectivity index (χ2n) is 15.4. The van der Waals surface area contributed by atoms with Gasteiger partial charge in [0.2, 0.25) is 5.91 Å². The molecule has 4 nitrogen and oxygen atoms in total. The summed E-state index contributed by atoms with van der Waals surface area (Å²) in [5.41, 5.74) is 0. The molecule has 0 unspecified atom stereocenters. The Morgan fingerprint density at radius 2 is 0.898 bits per heavy atom. The highest BCUT2D eigenvalue weighted by Gasteiger charge is 2.25. The van der Waals surface area contributed by atoms with Crippen LogP contribution in [0.15, 0.2) is 24.3 Å². The van der Waals surface area contributed by atoms with Gasteiger partial charge < -0.3 is 26.5 Å². The van der Waals surface area contributed by atoms with Crippen LogP contribution in [0.25, 0.3) is 0 Å². The van der Waals surface area contributed by atoms with Crippen LogP contribution in [0.3, 0.4) is 0 Å². The van der Waals surface area contributed by atoms with Crippen LogP contribution in [0.5, 0.6) is 0 Å². The Labute approximate surface area is 313 Å².